The van der Waals surface area contributed by atoms with Gasteiger partial charge in [-0.05, 0) is 25.7 Å². The van der Waals surface area contributed by atoms with Crippen molar-refractivity contribution in [2.75, 3.05) is 13.2 Å². The largest absolute Gasteiger partial charge is 0.465 e. The molecule has 0 aromatic carbocycles. The van der Waals surface area contributed by atoms with Gasteiger partial charge in [-0.15, -0.1) is 0 Å². The highest BCUT2D eigenvalue weighted by Gasteiger charge is 2.47. The topological polar surface area (TPSA) is 52.6 Å². The first-order chi connectivity index (χ1) is 12.1. The molecule has 0 fully saturated rings. The molecule has 148 valence electrons. The summed E-state index contributed by atoms with van der Waals surface area (Å²) in [5.74, 6) is -0.739. The van der Waals surface area contributed by atoms with Gasteiger partial charge in [-0.3, -0.25) is 9.59 Å². The molecule has 0 aliphatic heterocycles. The van der Waals surface area contributed by atoms with Crippen LogP contribution in [0.1, 0.15) is 105 Å². The van der Waals surface area contributed by atoms with Crippen LogP contribution in [-0.2, 0) is 19.1 Å². The zero-order valence-corrected chi connectivity index (χ0v) is 17.0. The molecule has 0 saturated carbocycles. The molecule has 0 aromatic heterocycles. The fourth-order valence-corrected chi connectivity index (χ4v) is 2.88. The van der Waals surface area contributed by atoms with Gasteiger partial charge in [-0.25, -0.2) is 0 Å². The van der Waals surface area contributed by atoms with Gasteiger partial charge in [0.25, 0.3) is 0 Å². The van der Waals surface area contributed by atoms with Gasteiger partial charge in [0.2, 0.25) is 0 Å². The van der Waals surface area contributed by atoms with Gasteiger partial charge < -0.3 is 9.47 Å². The first-order valence-corrected chi connectivity index (χ1v) is 10.4. The highest BCUT2D eigenvalue weighted by Crippen LogP contribution is 2.35. The summed E-state index contributed by atoms with van der Waals surface area (Å²) in [6, 6.07) is 0. The Bertz CT molecular complexity index is 318. The van der Waals surface area contributed by atoms with Crippen LogP contribution in [0.15, 0.2) is 0 Å². The summed E-state index contributed by atoms with van der Waals surface area (Å²) < 4.78 is 11.0. The minimum atomic E-state index is -1.11. The van der Waals surface area contributed by atoms with Gasteiger partial charge in [0.15, 0.2) is 5.41 Å². The lowest BCUT2D eigenvalue weighted by atomic mass is 9.78. The molecule has 0 unspecified atom stereocenters. The molecule has 0 aromatic rings. The number of hydrogen-bond acceptors (Lipinski definition) is 4. The van der Waals surface area contributed by atoms with Gasteiger partial charge in [-0.2, -0.15) is 0 Å². The van der Waals surface area contributed by atoms with Crippen LogP contribution in [0.4, 0.5) is 0 Å². The van der Waals surface area contributed by atoms with E-state index in [1.54, 1.807) is 0 Å². The maximum atomic E-state index is 12.8. The van der Waals surface area contributed by atoms with Crippen LogP contribution in [0.5, 0.6) is 0 Å². The van der Waals surface area contributed by atoms with E-state index in [1.165, 1.54) is 0 Å². The van der Waals surface area contributed by atoms with Gasteiger partial charge in [0.1, 0.15) is 0 Å². The Morgan fingerprint density at radius 3 is 1.28 bits per heavy atom. The molecule has 0 aliphatic carbocycles. The van der Waals surface area contributed by atoms with Crippen LogP contribution in [0.25, 0.3) is 0 Å². The van der Waals surface area contributed by atoms with Crippen LogP contribution in [0, 0.1) is 5.41 Å². The average molecular weight is 357 g/mol. The van der Waals surface area contributed by atoms with Crippen LogP contribution >= 0.6 is 0 Å². The minimum Gasteiger partial charge on any atom is -0.465 e. The number of unbranched alkanes of at least 4 members (excludes halogenated alkanes) is 6. The minimum absolute atomic E-state index is 0.369. The van der Waals surface area contributed by atoms with E-state index in [1.807, 2.05) is 0 Å². The van der Waals surface area contributed by atoms with E-state index in [-0.39, 0.29) is 11.9 Å². The lowest BCUT2D eigenvalue weighted by Gasteiger charge is -2.29. The summed E-state index contributed by atoms with van der Waals surface area (Å²) in [6.45, 7) is 9.17. The van der Waals surface area contributed by atoms with E-state index >= 15 is 0 Å². The fourth-order valence-electron chi connectivity index (χ4n) is 2.88. The van der Waals surface area contributed by atoms with Crippen molar-refractivity contribution >= 4 is 11.9 Å². The molecule has 0 radical (unpaired) electrons. The first kappa shape index (κ1) is 23.9. The zero-order valence-electron chi connectivity index (χ0n) is 17.0. The lowest BCUT2D eigenvalue weighted by molar-refractivity contribution is -0.174. The molecule has 0 rings (SSSR count). The van der Waals surface area contributed by atoms with E-state index in [0.29, 0.717) is 26.1 Å². The normalized spacial score (nSPS) is 11.4. The lowest BCUT2D eigenvalue weighted by Crippen LogP contribution is -2.42. The Morgan fingerprint density at radius 2 is 0.960 bits per heavy atom. The smallest absolute Gasteiger partial charge is 0.323 e. The van der Waals surface area contributed by atoms with Crippen molar-refractivity contribution in [3.05, 3.63) is 0 Å². The Labute approximate surface area is 155 Å². The highest BCUT2D eigenvalue weighted by molar-refractivity contribution is 6.00. The van der Waals surface area contributed by atoms with Crippen LogP contribution < -0.4 is 0 Å². The summed E-state index contributed by atoms with van der Waals surface area (Å²) in [7, 11) is 0. The van der Waals surface area contributed by atoms with Crippen molar-refractivity contribution in [1.82, 2.24) is 0 Å². The predicted molar refractivity (Wildman–Crippen MR) is 102 cm³/mol. The molecule has 0 spiro atoms. The predicted octanol–water partition coefficient (Wildman–Crippen LogP) is 5.82. The van der Waals surface area contributed by atoms with Gasteiger partial charge in [0, 0.05) is 0 Å². The number of rotatable bonds is 16. The number of carbonyl (C=O) groups is 2. The van der Waals surface area contributed by atoms with Gasteiger partial charge in [-0.1, -0.05) is 79.1 Å². The molecule has 0 N–H and O–H groups in total. The molecule has 4 nitrogen and oxygen atoms in total. The maximum Gasteiger partial charge on any atom is 0.323 e. The van der Waals surface area contributed by atoms with Crippen molar-refractivity contribution in [1.29, 1.82) is 0 Å². The van der Waals surface area contributed by atoms with Crippen molar-refractivity contribution < 1.29 is 19.1 Å². The van der Waals surface area contributed by atoms with E-state index in [2.05, 4.69) is 27.7 Å². The first-order valence-electron chi connectivity index (χ1n) is 10.4. The third kappa shape index (κ3) is 9.27. The van der Waals surface area contributed by atoms with E-state index < -0.39 is 5.41 Å². The Balaban J connectivity index is 5.04. The quantitative estimate of drug-likeness (QED) is 0.199. The van der Waals surface area contributed by atoms with E-state index in [9.17, 15) is 9.59 Å². The van der Waals surface area contributed by atoms with Gasteiger partial charge in [0.05, 0.1) is 13.2 Å². The number of carbonyl (C=O) groups excluding carboxylic acids is 2. The number of hydrogen-bond donors (Lipinski definition) is 0. The molecular formula is C21H40O4. The van der Waals surface area contributed by atoms with Crippen molar-refractivity contribution in [2.24, 2.45) is 5.41 Å². The second-order valence-electron chi connectivity index (χ2n) is 6.98. The summed E-state index contributed by atoms with van der Waals surface area (Å²) in [5.41, 5.74) is -1.11. The van der Waals surface area contributed by atoms with Crippen LogP contribution in [-0.4, -0.2) is 25.2 Å². The van der Waals surface area contributed by atoms with E-state index in [4.69, 9.17) is 9.47 Å². The maximum absolute atomic E-state index is 12.8. The second-order valence-corrected chi connectivity index (χ2v) is 6.98. The molecule has 0 aliphatic rings. The van der Waals surface area contributed by atoms with Gasteiger partial charge >= 0.3 is 11.9 Å². The third-order valence-corrected chi connectivity index (χ3v) is 4.66. The SMILES string of the molecule is CCCCCOC(=O)C(CCCC)(CCCC)C(=O)OCCCCC. The highest BCUT2D eigenvalue weighted by atomic mass is 16.6. The summed E-state index contributed by atoms with van der Waals surface area (Å²) in [5, 5.41) is 0. The molecular weight excluding hydrogens is 316 g/mol. The molecule has 0 heterocycles. The molecule has 0 saturated heterocycles. The molecule has 25 heavy (non-hydrogen) atoms. The summed E-state index contributed by atoms with van der Waals surface area (Å²) in [6.07, 6.45) is 10.5. The van der Waals surface area contributed by atoms with Crippen molar-refractivity contribution in [3.63, 3.8) is 0 Å². The summed E-state index contributed by atoms with van der Waals surface area (Å²) >= 11 is 0. The molecule has 0 bridgehead atoms. The number of ether oxygens (including phenoxy) is 2. The summed E-state index contributed by atoms with van der Waals surface area (Å²) in [4.78, 5) is 25.7. The Morgan fingerprint density at radius 1 is 0.600 bits per heavy atom. The standard InChI is InChI=1S/C21H40O4/c1-5-9-13-17-24-19(22)21(15-11-7-3,16-12-8-4)20(23)25-18-14-10-6-2/h5-18H2,1-4H3. The third-order valence-electron chi connectivity index (χ3n) is 4.66. The number of esters is 2. The zero-order chi connectivity index (χ0) is 19.0. The molecule has 4 heteroatoms. The Kier molecular flexibility index (Phi) is 14.6. The monoisotopic (exact) mass is 356 g/mol. The second kappa shape index (κ2) is 15.2. The van der Waals surface area contributed by atoms with E-state index in [0.717, 1.165) is 64.2 Å². The van der Waals surface area contributed by atoms with Crippen LogP contribution in [0.3, 0.4) is 0 Å². The molecule has 0 amide bonds. The Hall–Kier alpha value is -1.06. The van der Waals surface area contributed by atoms with Crippen LogP contribution in [0.2, 0.25) is 0 Å². The molecule has 0 atom stereocenters. The van der Waals surface area contributed by atoms with Crippen molar-refractivity contribution in [3.8, 4) is 0 Å². The fraction of sp³-hybridized carbons (Fsp3) is 0.905. The average Bonchev–Trinajstić information content (AvgIpc) is 2.62. The van der Waals surface area contributed by atoms with Crippen molar-refractivity contribution in [2.45, 2.75) is 105 Å².